The Morgan fingerprint density at radius 3 is 2.73 bits per heavy atom. The molecule has 2 rings (SSSR count). The van der Waals surface area contributed by atoms with Gasteiger partial charge >= 0.3 is 17.7 Å². The second-order valence-electron chi connectivity index (χ2n) is 7.32. The van der Waals surface area contributed by atoms with Gasteiger partial charge in [-0.2, -0.15) is 0 Å². The van der Waals surface area contributed by atoms with Crippen LogP contribution < -0.4 is 4.74 Å². The monoisotopic (exact) mass is 390 g/mol. The van der Waals surface area contributed by atoms with Crippen molar-refractivity contribution in [3.05, 3.63) is 16.3 Å². The lowest BCUT2D eigenvalue weighted by Gasteiger charge is -2.15. The zero-order valence-corrected chi connectivity index (χ0v) is 15.9. The minimum atomic E-state index is -1.58. The van der Waals surface area contributed by atoms with Crippen LogP contribution in [0.4, 0.5) is 14.9 Å². The van der Waals surface area contributed by atoms with Gasteiger partial charge in [-0.1, -0.05) is 19.6 Å². The number of ether oxygens (including phenoxy) is 2. The molecule has 10 nitrogen and oxygen atoms in total. The summed E-state index contributed by atoms with van der Waals surface area (Å²) in [4.78, 5) is 22.2. The maximum atomic E-state index is 13.9. The molecule has 1 aromatic heterocycles. The number of rotatable bonds is 8. The Hall–Kier alpha value is -2.21. The molecule has 0 aliphatic carbocycles. The van der Waals surface area contributed by atoms with E-state index in [1.165, 1.54) is 4.68 Å². The largest absolute Gasteiger partial charge is 0.465 e. The van der Waals surface area contributed by atoms with Crippen LogP contribution in [0.15, 0.2) is 6.20 Å². The van der Waals surface area contributed by atoms with Gasteiger partial charge in [0.05, 0.1) is 18.0 Å². The van der Waals surface area contributed by atoms with Crippen molar-refractivity contribution in [3.8, 4) is 5.88 Å². The van der Waals surface area contributed by atoms with Crippen LogP contribution in [-0.2, 0) is 11.5 Å². The number of amides is 1. The van der Waals surface area contributed by atoms with Crippen molar-refractivity contribution in [2.24, 2.45) is 0 Å². The van der Waals surface area contributed by atoms with Crippen LogP contribution in [0.5, 0.6) is 5.88 Å². The Labute approximate surface area is 150 Å². The van der Waals surface area contributed by atoms with E-state index in [-0.39, 0.29) is 25.7 Å². The summed E-state index contributed by atoms with van der Waals surface area (Å²) in [5.41, 5.74) is -0.417. The van der Waals surface area contributed by atoms with Gasteiger partial charge < -0.3 is 19.5 Å². The van der Waals surface area contributed by atoms with Gasteiger partial charge in [0.1, 0.15) is 12.9 Å². The van der Waals surface area contributed by atoms with Gasteiger partial charge in [-0.15, -0.1) is 5.10 Å². The van der Waals surface area contributed by atoms with E-state index < -0.39 is 37.1 Å². The molecule has 1 amide bonds. The van der Waals surface area contributed by atoms with E-state index in [4.69, 9.17) is 14.6 Å². The molecule has 0 saturated carbocycles. The number of nitrogens with zero attached hydrogens (tertiary/aromatic N) is 4. The SMILES string of the molecule is C[Si](C)(C)CCOCn1cc([N+](=O)[O-])c(OC2CN(C(=O)O)CC2F)n1. The Morgan fingerprint density at radius 1 is 1.50 bits per heavy atom. The summed E-state index contributed by atoms with van der Waals surface area (Å²) in [5, 5.41) is 24.0. The molecular weight excluding hydrogens is 367 g/mol. The summed E-state index contributed by atoms with van der Waals surface area (Å²) < 4.78 is 25.9. The average molecular weight is 390 g/mol. The molecule has 1 saturated heterocycles. The molecule has 12 heteroatoms. The highest BCUT2D eigenvalue weighted by Crippen LogP contribution is 2.28. The maximum absolute atomic E-state index is 13.9. The van der Waals surface area contributed by atoms with Crippen molar-refractivity contribution in [1.82, 2.24) is 14.7 Å². The highest BCUT2D eigenvalue weighted by Gasteiger charge is 2.39. The third-order valence-corrected chi connectivity index (χ3v) is 5.56. The Kier molecular flexibility index (Phi) is 6.18. The minimum absolute atomic E-state index is 0.0135. The highest BCUT2D eigenvalue weighted by atomic mass is 28.3. The Morgan fingerprint density at radius 2 is 2.19 bits per heavy atom. The van der Waals surface area contributed by atoms with Gasteiger partial charge in [0, 0.05) is 14.7 Å². The molecule has 1 aliphatic heterocycles. The van der Waals surface area contributed by atoms with Gasteiger partial charge in [-0.3, -0.25) is 10.1 Å². The first-order valence-corrected chi connectivity index (χ1v) is 11.9. The number of halogens is 1. The van der Waals surface area contributed by atoms with E-state index >= 15 is 0 Å². The molecular formula is C14H23FN4O6Si. The number of likely N-dealkylation sites (tertiary alicyclic amines) is 1. The lowest BCUT2D eigenvalue weighted by molar-refractivity contribution is -0.386. The second kappa shape index (κ2) is 7.99. The molecule has 1 aliphatic rings. The molecule has 1 aromatic rings. The number of carbonyl (C=O) groups is 1. The fourth-order valence-electron chi connectivity index (χ4n) is 2.35. The highest BCUT2D eigenvalue weighted by molar-refractivity contribution is 6.76. The van der Waals surface area contributed by atoms with Gasteiger partial charge in [0.25, 0.3) is 0 Å². The number of nitro groups is 1. The summed E-state index contributed by atoms with van der Waals surface area (Å²) >= 11 is 0. The molecule has 2 atom stereocenters. The third-order valence-electron chi connectivity index (χ3n) is 3.86. The molecule has 26 heavy (non-hydrogen) atoms. The first-order chi connectivity index (χ1) is 12.1. The van der Waals surface area contributed by atoms with E-state index in [0.29, 0.717) is 6.61 Å². The number of carboxylic acid groups (broad SMARTS) is 1. The van der Waals surface area contributed by atoms with Gasteiger partial charge in [-0.25, -0.2) is 13.9 Å². The van der Waals surface area contributed by atoms with Crippen LogP contribution in [0.2, 0.25) is 25.7 Å². The van der Waals surface area contributed by atoms with Crippen molar-refractivity contribution < 1.29 is 28.7 Å². The lowest BCUT2D eigenvalue weighted by atomic mass is 10.3. The van der Waals surface area contributed by atoms with Gasteiger partial charge in [-0.05, 0) is 6.04 Å². The van der Waals surface area contributed by atoms with E-state index in [2.05, 4.69) is 24.7 Å². The Balaban J connectivity index is 2.00. The van der Waals surface area contributed by atoms with Crippen LogP contribution in [0, 0.1) is 10.1 Å². The van der Waals surface area contributed by atoms with E-state index in [9.17, 15) is 19.3 Å². The van der Waals surface area contributed by atoms with Crippen molar-refractivity contribution in [2.45, 2.75) is 44.7 Å². The molecule has 146 valence electrons. The minimum Gasteiger partial charge on any atom is -0.465 e. The second-order valence-corrected chi connectivity index (χ2v) is 12.9. The molecule has 2 heterocycles. The summed E-state index contributed by atoms with van der Waals surface area (Å²) in [6.45, 7) is 6.59. The molecule has 1 fully saturated rings. The molecule has 0 spiro atoms. The number of hydrogen-bond donors (Lipinski definition) is 1. The van der Waals surface area contributed by atoms with Gasteiger partial charge in [0.15, 0.2) is 12.3 Å². The first-order valence-electron chi connectivity index (χ1n) is 8.15. The predicted molar refractivity (Wildman–Crippen MR) is 91.9 cm³/mol. The zero-order chi connectivity index (χ0) is 19.5. The quantitative estimate of drug-likeness (QED) is 0.313. The number of alkyl halides is 1. The molecule has 1 N–H and O–H groups in total. The third kappa shape index (κ3) is 5.39. The Bertz CT molecular complexity index is 664. The summed E-state index contributed by atoms with van der Waals surface area (Å²) in [7, 11) is -1.25. The predicted octanol–water partition coefficient (Wildman–Crippen LogP) is 2.18. The zero-order valence-electron chi connectivity index (χ0n) is 14.9. The maximum Gasteiger partial charge on any atom is 0.407 e. The van der Waals surface area contributed by atoms with Gasteiger partial charge in [0.2, 0.25) is 0 Å². The molecule has 0 radical (unpaired) electrons. The molecule has 0 aromatic carbocycles. The van der Waals surface area contributed by atoms with E-state index in [0.717, 1.165) is 17.1 Å². The fourth-order valence-corrected chi connectivity index (χ4v) is 3.11. The van der Waals surface area contributed by atoms with Crippen LogP contribution in [0.25, 0.3) is 0 Å². The number of hydrogen-bond acceptors (Lipinski definition) is 6. The van der Waals surface area contributed by atoms with Crippen molar-refractivity contribution in [2.75, 3.05) is 19.7 Å². The van der Waals surface area contributed by atoms with Crippen LogP contribution in [0.1, 0.15) is 0 Å². The summed E-state index contributed by atoms with van der Waals surface area (Å²) in [6.07, 6.45) is -2.83. The van der Waals surface area contributed by atoms with E-state index in [1.807, 2.05) is 0 Å². The standard InChI is InChI=1S/C14H23FN4O6Si/c1-26(2,3)5-4-24-9-18-7-11(19(22)23)13(16-18)25-12-8-17(14(20)21)6-10(12)15/h7,10,12H,4-6,8-9H2,1-3H3,(H,20,21). The van der Waals surface area contributed by atoms with Crippen molar-refractivity contribution in [3.63, 3.8) is 0 Å². The lowest BCUT2D eigenvalue weighted by Crippen LogP contribution is -2.30. The fraction of sp³-hybridized carbons (Fsp3) is 0.714. The van der Waals surface area contributed by atoms with Crippen LogP contribution in [0.3, 0.4) is 0 Å². The normalized spacial score (nSPS) is 20.4. The first kappa shape index (κ1) is 20.1. The molecule has 2 unspecified atom stereocenters. The number of aromatic nitrogens is 2. The summed E-state index contributed by atoms with van der Waals surface area (Å²) in [6, 6.07) is 0.941. The smallest absolute Gasteiger partial charge is 0.407 e. The molecule has 0 bridgehead atoms. The van der Waals surface area contributed by atoms with Crippen LogP contribution >= 0.6 is 0 Å². The van der Waals surface area contributed by atoms with Crippen LogP contribution in [-0.4, -0.2) is 70.8 Å². The van der Waals surface area contributed by atoms with Crippen molar-refractivity contribution >= 4 is 19.9 Å². The van der Waals surface area contributed by atoms with E-state index in [1.54, 1.807) is 0 Å². The average Bonchev–Trinajstić information content (AvgIpc) is 3.08. The van der Waals surface area contributed by atoms with Crippen molar-refractivity contribution in [1.29, 1.82) is 0 Å². The summed E-state index contributed by atoms with van der Waals surface area (Å²) in [5.74, 6) is -0.344. The topological polar surface area (TPSA) is 120 Å².